The van der Waals surface area contributed by atoms with Gasteiger partial charge in [0.15, 0.2) is 6.79 Å². The summed E-state index contributed by atoms with van der Waals surface area (Å²) in [4.78, 5) is 0. The molecule has 0 aliphatic heterocycles. The summed E-state index contributed by atoms with van der Waals surface area (Å²) in [7, 11) is 1.59. The SMILES string of the molecule is COCOc1cc[c]cc1. The lowest BCUT2D eigenvalue weighted by Gasteiger charge is -2.01. The summed E-state index contributed by atoms with van der Waals surface area (Å²) < 4.78 is 9.83. The number of benzene rings is 1. The van der Waals surface area contributed by atoms with Gasteiger partial charge in [0.05, 0.1) is 0 Å². The van der Waals surface area contributed by atoms with Crippen LogP contribution in [-0.4, -0.2) is 13.9 Å². The fourth-order valence-electron chi connectivity index (χ4n) is 0.595. The minimum absolute atomic E-state index is 0.296. The molecule has 1 radical (unpaired) electrons. The predicted octanol–water partition coefficient (Wildman–Crippen LogP) is 1.47. The van der Waals surface area contributed by atoms with Crippen molar-refractivity contribution < 1.29 is 9.47 Å². The fourth-order valence-corrected chi connectivity index (χ4v) is 0.595. The first kappa shape index (κ1) is 7.09. The van der Waals surface area contributed by atoms with Crippen LogP contribution in [0.15, 0.2) is 24.3 Å². The molecule has 0 unspecified atom stereocenters. The monoisotopic (exact) mass is 137 g/mol. The molecule has 0 amide bonds. The van der Waals surface area contributed by atoms with Crippen LogP contribution in [0.2, 0.25) is 0 Å². The molecule has 53 valence electrons. The average Bonchev–Trinajstić information content (AvgIpc) is 2.03. The van der Waals surface area contributed by atoms with E-state index in [-0.39, 0.29) is 0 Å². The molecule has 0 fully saturated rings. The topological polar surface area (TPSA) is 18.5 Å². The van der Waals surface area contributed by atoms with Crippen molar-refractivity contribution in [3.63, 3.8) is 0 Å². The van der Waals surface area contributed by atoms with Gasteiger partial charge in [-0.1, -0.05) is 12.1 Å². The van der Waals surface area contributed by atoms with E-state index in [0.717, 1.165) is 5.75 Å². The van der Waals surface area contributed by atoms with Gasteiger partial charge in [0.1, 0.15) is 5.75 Å². The number of hydrogen-bond donors (Lipinski definition) is 0. The highest BCUT2D eigenvalue weighted by atomic mass is 16.7. The molecule has 0 aliphatic rings. The zero-order valence-corrected chi connectivity index (χ0v) is 5.83. The Hall–Kier alpha value is -1.02. The minimum Gasteiger partial charge on any atom is -0.468 e. The highest BCUT2D eigenvalue weighted by Crippen LogP contribution is 2.06. The summed E-state index contributed by atoms with van der Waals surface area (Å²) in [5.74, 6) is 0.806. The molecule has 1 aromatic carbocycles. The van der Waals surface area contributed by atoms with E-state index in [2.05, 4.69) is 6.07 Å². The van der Waals surface area contributed by atoms with Crippen molar-refractivity contribution in [1.82, 2.24) is 0 Å². The van der Waals surface area contributed by atoms with Gasteiger partial charge >= 0.3 is 0 Å². The zero-order chi connectivity index (χ0) is 7.23. The van der Waals surface area contributed by atoms with Crippen LogP contribution in [0.25, 0.3) is 0 Å². The van der Waals surface area contributed by atoms with E-state index in [1.54, 1.807) is 19.2 Å². The van der Waals surface area contributed by atoms with Gasteiger partial charge in [0.2, 0.25) is 0 Å². The van der Waals surface area contributed by atoms with Crippen molar-refractivity contribution in [2.75, 3.05) is 13.9 Å². The molecule has 0 heterocycles. The third-order valence-corrected chi connectivity index (χ3v) is 1.03. The molecular formula is C8H9O2. The average molecular weight is 137 g/mol. The van der Waals surface area contributed by atoms with Crippen LogP contribution >= 0.6 is 0 Å². The Balaban J connectivity index is 2.43. The summed E-state index contributed by atoms with van der Waals surface area (Å²) in [6.07, 6.45) is 0. The van der Waals surface area contributed by atoms with Gasteiger partial charge in [0.25, 0.3) is 0 Å². The van der Waals surface area contributed by atoms with Crippen molar-refractivity contribution >= 4 is 0 Å². The second-order valence-corrected chi connectivity index (χ2v) is 1.79. The van der Waals surface area contributed by atoms with Crippen LogP contribution in [0.4, 0.5) is 0 Å². The maximum absolute atomic E-state index is 5.11. The van der Waals surface area contributed by atoms with Crippen molar-refractivity contribution in [1.29, 1.82) is 0 Å². The van der Waals surface area contributed by atoms with Gasteiger partial charge in [0, 0.05) is 7.11 Å². The molecular weight excluding hydrogens is 128 g/mol. The fraction of sp³-hybridized carbons (Fsp3) is 0.250. The van der Waals surface area contributed by atoms with Crippen LogP contribution in [0.1, 0.15) is 0 Å². The molecule has 2 heteroatoms. The maximum Gasteiger partial charge on any atom is 0.188 e. The van der Waals surface area contributed by atoms with Gasteiger partial charge in [-0.15, -0.1) is 0 Å². The van der Waals surface area contributed by atoms with E-state index in [1.807, 2.05) is 12.1 Å². The largest absolute Gasteiger partial charge is 0.468 e. The molecule has 0 aliphatic carbocycles. The molecule has 0 bridgehead atoms. The van der Waals surface area contributed by atoms with Crippen molar-refractivity contribution in [3.8, 4) is 5.75 Å². The molecule has 1 rings (SSSR count). The Labute approximate surface area is 60.4 Å². The standard InChI is InChI=1S/C8H9O2/c1-9-7-10-8-5-3-2-4-6-8/h3-6H,7H2,1H3. The molecule has 2 nitrogen and oxygen atoms in total. The van der Waals surface area contributed by atoms with Crippen LogP contribution in [0.3, 0.4) is 0 Å². The van der Waals surface area contributed by atoms with E-state index in [0.29, 0.717) is 6.79 Å². The lowest BCUT2D eigenvalue weighted by atomic mass is 10.3. The number of methoxy groups -OCH3 is 1. The number of hydrogen-bond acceptors (Lipinski definition) is 2. The summed E-state index contributed by atoms with van der Waals surface area (Å²) in [5.41, 5.74) is 0. The molecule has 0 spiro atoms. The van der Waals surface area contributed by atoms with Gasteiger partial charge < -0.3 is 9.47 Å². The highest BCUT2D eigenvalue weighted by Gasteiger charge is 1.86. The van der Waals surface area contributed by atoms with Crippen molar-refractivity contribution in [3.05, 3.63) is 30.3 Å². The maximum atomic E-state index is 5.11. The third-order valence-electron chi connectivity index (χ3n) is 1.03. The molecule has 0 saturated heterocycles. The first-order chi connectivity index (χ1) is 4.93. The van der Waals surface area contributed by atoms with Crippen LogP contribution in [0.5, 0.6) is 5.75 Å². The molecule has 10 heavy (non-hydrogen) atoms. The second-order valence-electron chi connectivity index (χ2n) is 1.79. The Bertz CT molecular complexity index is 172. The number of ether oxygens (including phenoxy) is 2. The molecule has 0 saturated carbocycles. The number of rotatable bonds is 3. The summed E-state index contributed by atoms with van der Waals surface area (Å²) in [6, 6.07) is 10.1. The zero-order valence-electron chi connectivity index (χ0n) is 5.83. The first-order valence-electron chi connectivity index (χ1n) is 3.01. The van der Waals surface area contributed by atoms with Gasteiger partial charge in [-0.3, -0.25) is 0 Å². The quantitative estimate of drug-likeness (QED) is 0.587. The summed E-state index contributed by atoms with van der Waals surface area (Å²) in [5, 5.41) is 0. The normalized spacial score (nSPS) is 9.30. The highest BCUT2D eigenvalue weighted by molar-refractivity contribution is 5.19. The van der Waals surface area contributed by atoms with E-state index < -0.39 is 0 Å². The first-order valence-corrected chi connectivity index (χ1v) is 3.01. The van der Waals surface area contributed by atoms with Crippen LogP contribution in [-0.2, 0) is 4.74 Å². The third kappa shape index (κ3) is 2.07. The Kier molecular flexibility index (Phi) is 2.77. The minimum atomic E-state index is 0.296. The van der Waals surface area contributed by atoms with Crippen LogP contribution < -0.4 is 4.74 Å². The summed E-state index contributed by atoms with van der Waals surface area (Å²) >= 11 is 0. The van der Waals surface area contributed by atoms with Gasteiger partial charge in [-0.2, -0.15) is 0 Å². The van der Waals surface area contributed by atoms with Crippen LogP contribution in [0, 0.1) is 6.07 Å². The molecule has 0 N–H and O–H groups in total. The Morgan fingerprint density at radius 2 is 2.10 bits per heavy atom. The van der Waals surface area contributed by atoms with E-state index >= 15 is 0 Å². The van der Waals surface area contributed by atoms with Gasteiger partial charge in [-0.05, 0) is 18.2 Å². The molecule has 0 atom stereocenters. The lowest BCUT2D eigenvalue weighted by Crippen LogP contribution is -1.97. The van der Waals surface area contributed by atoms with E-state index in [1.165, 1.54) is 0 Å². The summed E-state index contributed by atoms with van der Waals surface area (Å²) in [6.45, 7) is 0.296. The lowest BCUT2D eigenvalue weighted by molar-refractivity contribution is 0.0511. The Morgan fingerprint density at radius 3 is 2.70 bits per heavy atom. The van der Waals surface area contributed by atoms with Gasteiger partial charge in [-0.25, -0.2) is 0 Å². The van der Waals surface area contributed by atoms with E-state index in [9.17, 15) is 0 Å². The molecule has 0 aromatic heterocycles. The van der Waals surface area contributed by atoms with Crippen molar-refractivity contribution in [2.45, 2.75) is 0 Å². The van der Waals surface area contributed by atoms with E-state index in [4.69, 9.17) is 9.47 Å². The predicted molar refractivity (Wildman–Crippen MR) is 37.8 cm³/mol. The van der Waals surface area contributed by atoms with Crippen molar-refractivity contribution in [2.24, 2.45) is 0 Å². The smallest absolute Gasteiger partial charge is 0.188 e. The Morgan fingerprint density at radius 1 is 1.40 bits per heavy atom. The molecule has 1 aromatic rings. The second kappa shape index (κ2) is 3.90.